The van der Waals surface area contributed by atoms with Crippen molar-refractivity contribution in [1.29, 1.82) is 0 Å². The number of hydrogen-bond donors (Lipinski definition) is 1. The highest BCUT2D eigenvalue weighted by molar-refractivity contribution is 5.84. The minimum Gasteiger partial charge on any atom is -0.381 e. The number of nitrogens with one attached hydrogen (secondary N) is 1. The first-order valence-corrected chi connectivity index (χ1v) is 8.23. The van der Waals surface area contributed by atoms with E-state index in [0.29, 0.717) is 11.8 Å². The molecule has 0 bridgehead atoms. The van der Waals surface area contributed by atoms with Crippen LogP contribution in [0.3, 0.4) is 0 Å². The van der Waals surface area contributed by atoms with Crippen molar-refractivity contribution in [2.45, 2.75) is 64.6 Å². The lowest BCUT2D eigenvalue weighted by molar-refractivity contribution is -0.133. The molecule has 3 fully saturated rings. The van der Waals surface area contributed by atoms with Gasteiger partial charge >= 0.3 is 0 Å². The molecule has 20 heavy (non-hydrogen) atoms. The van der Waals surface area contributed by atoms with Gasteiger partial charge in [-0.25, -0.2) is 0 Å². The van der Waals surface area contributed by atoms with E-state index in [-0.39, 0.29) is 17.6 Å². The second-order valence-corrected chi connectivity index (χ2v) is 7.27. The Morgan fingerprint density at radius 2 is 1.95 bits per heavy atom. The summed E-state index contributed by atoms with van der Waals surface area (Å²) in [6, 6.07) is -0.0101. The van der Waals surface area contributed by atoms with E-state index in [2.05, 4.69) is 17.1 Å². The van der Waals surface area contributed by atoms with Gasteiger partial charge in [0, 0.05) is 19.8 Å². The third kappa shape index (κ3) is 2.73. The smallest absolute Gasteiger partial charge is 0.240 e. The molecule has 2 aliphatic heterocycles. The van der Waals surface area contributed by atoms with Crippen molar-refractivity contribution in [2.24, 2.45) is 11.3 Å². The summed E-state index contributed by atoms with van der Waals surface area (Å²) in [6.07, 6.45) is 7.61. The molecule has 1 aliphatic carbocycles. The SMILES string of the molecule is CC1NC(C2CCCC2)N(CC2(C)CCOCC2)C1=O. The monoisotopic (exact) mass is 280 g/mol. The Morgan fingerprint density at radius 1 is 1.30 bits per heavy atom. The summed E-state index contributed by atoms with van der Waals surface area (Å²) >= 11 is 0. The van der Waals surface area contributed by atoms with E-state index in [1.807, 2.05) is 6.92 Å². The number of rotatable bonds is 3. The van der Waals surface area contributed by atoms with E-state index in [4.69, 9.17) is 4.74 Å². The Balaban J connectivity index is 1.72. The molecule has 2 unspecified atom stereocenters. The van der Waals surface area contributed by atoms with Gasteiger partial charge in [-0.15, -0.1) is 0 Å². The van der Waals surface area contributed by atoms with Crippen molar-refractivity contribution >= 4 is 5.91 Å². The number of carbonyl (C=O) groups is 1. The zero-order valence-electron chi connectivity index (χ0n) is 12.9. The highest BCUT2D eigenvalue weighted by Gasteiger charge is 2.44. The van der Waals surface area contributed by atoms with Crippen LogP contribution in [0.25, 0.3) is 0 Å². The summed E-state index contributed by atoms with van der Waals surface area (Å²) in [4.78, 5) is 14.7. The van der Waals surface area contributed by atoms with Gasteiger partial charge in [-0.3, -0.25) is 10.1 Å². The van der Waals surface area contributed by atoms with Gasteiger partial charge in [0.2, 0.25) is 5.91 Å². The molecule has 2 heterocycles. The van der Waals surface area contributed by atoms with Crippen molar-refractivity contribution in [3.63, 3.8) is 0 Å². The van der Waals surface area contributed by atoms with Crippen LogP contribution in [0.4, 0.5) is 0 Å². The van der Waals surface area contributed by atoms with Crippen molar-refractivity contribution in [3.8, 4) is 0 Å². The highest BCUT2D eigenvalue weighted by Crippen LogP contribution is 2.36. The average molecular weight is 280 g/mol. The first kappa shape index (κ1) is 14.3. The normalized spacial score (nSPS) is 34.9. The van der Waals surface area contributed by atoms with Crippen molar-refractivity contribution < 1.29 is 9.53 Å². The quantitative estimate of drug-likeness (QED) is 0.861. The van der Waals surface area contributed by atoms with E-state index in [1.165, 1.54) is 25.7 Å². The summed E-state index contributed by atoms with van der Waals surface area (Å²) in [7, 11) is 0. The maximum atomic E-state index is 12.5. The molecule has 4 nitrogen and oxygen atoms in total. The number of ether oxygens (including phenoxy) is 1. The fraction of sp³-hybridized carbons (Fsp3) is 0.938. The molecule has 2 saturated heterocycles. The first-order chi connectivity index (χ1) is 9.59. The lowest BCUT2D eigenvalue weighted by atomic mass is 9.81. The topological polar surface area (TPSA) is 41.6 Å². The van der Waals surface area contributed by atoms with E-state index in [1.54, 1.807) is 0 Å². The van der Waals surface area contributed by atoms with Gasteiger partial charge in [-0.1, -0.05) is 19.8 Å². The van der Waals surface area contributed by atoms with Gasteiger partial charge in [-0.2, -0.15) is 0 Å². The molecule has 4 heteroatoms. The molecular weight excluding hydrogens is 252 g/mol. The zero-order chi connectivity index (χ0) is 14.2. The standard InChI is InChI=1S/C16H28N2O2/c1-12-15(19)18(11-16(2)7-9-20-10-8-16)14(17-12)13-5-3-4-6-13/h12-14,17H,3-11H2,1-2H3. The molecule has 114 valence electrons. The predicted octanol–water partition coefficient (Wildman–Crippen LogP) is 2.14. The minimum absolute atomic E-state index is 0.0101. The van der Waals surface area contributed by atoms with E-state index < -0.39 is 0 Å². The van der Waals surface area contributed by atoms with Crippen LogP contribution in [0.15, 0.2) is 0 Å². The van der Waals surface area contributed by atoms with Gasteiger partial charge in [-0.05, 0) is 43.9 Å². The third-order valence-electron chi connectivity index (χ3n) is 5.51. The first-order valence-electron chi connectivity index (χ1n) is 8.23. The molecule has 3 rings (SSSR count). The molecule has 1 saturated carbocycles. The molecule has 0 radical (unpaired) electrons. The maximum absolute atomic E-state index is 12.5. The summed E-state index contributed by atoms with van der Waals surface area (Å²) in [5.74, 6) is 0.960. The molecule has 2 atom stereocenters. The maximum Gasteiger partial charge on any atom is 0.240 e. The van der Waals surface area contributed by atoms with Gasteiger partial charge in [0.05, 0.1) is 12.2 Å². The Kier molecular flexibility index (Phi) is 4.04. The molecule has 1 N–H and O–H groups in total. The van der Waals surface area contributed by atoms with Crippen molar-refractivity contribution in [2.75, 3.05) is 19.8 Å². The van der Waals surface area contributed by atoms with Crippen LogP contribution < -0.4 is 5.32 Å². The van der Waals surface area contributed by atoms with Crippen molar-refractivity contribution in [1.82, 2.24) is 10.2 Å². The molecule has 0 spiro atoms. The fourth-order valence-electron chi connectivity index (χ4n) is 4.08. The molecule has 3 aliphatic rings. The van der Waals surface area contributed by atoms with Gasteiger partial charge in [0.1, 0.15) is 0 Å². The van der Waals surface area contributed by atoms with Crippen LogP contribution in [0.2, 0.25) is 0 Å². The highest BCUT2D eigenvalue weighted by atomic mass is 16.5. The molecule has 0 aromatic heterocycles. The Morgan fingerprint density at radius 3 is 2.60 bits per heavy atom. The van der Waals surface area contributed by atoms with E-state index >= 15 is 0 Å². The summed E-state index contributed by atoms with van der Waals surface area (Å²) in [5, 5.41) is 3.55. The van der Waals surface area contributed by atoms with Crippen molar-refractivity contribution in [3.05, 3.63) is 0 Å². The lowest BCUT2D eigenvalue weighted by Crippen LogP contribution is -2.48. The van der Waals surface area contributed by atoms with E-state index in [9.17, 15) is 4.79 Å². The Labute approximate surface area is 122 Å². The van der Waals surface area contributed by atoms with Crippen LogP contribution in [-0.2, 0) is 9.53 Å². The van der Waals surface area contributed by atoms with Gasteiger partial charge in [0.15, 0.2) is 0 Å². The number of nitrogens with zero attached hydrogens (tertiary/aromatic N) is 1. The summed E-state index contributed by atoms with van der Waals surface area (Å²) in [6.45, 7) is 6.91. The van der Waals surface area contributed by atoms with Crippen LogP contribution in [-0.4, -0.2) is 42.8 Å². The number of amides is 1. The summed E-state index contributed by atoms with van der Waals surface area (Å²) < 4.78 is 5.48. The fourth-order valence-corrected chi connectivity index (χ4v) is 4.08. The average Bonchev–Trinajstić information content (AvgIpc) is 3.03. The molecular formula is C16H28N2O2. The number of hydrogen-bond acceptors (Lipinski definition) is 3. The number of carbonyl (C=O) groups excluding carboxylic acids is 1. The minimum atomic E-state index is -0.0101. The van der Waals surface area contributed by atoms with Gasteiger partial charge in [0.25, 0.3) is 0 Å². The Hall–Kier alpha value is -0.610. The molecule has 1 amide bonds. The lowest BCUT2D eigenvalue weighted by Gasteiger charge is -2.40. The second kappa shape index (κ2) is 5.64. The van der Waals surface area contributed by atoms with E-state index in [0.717, 1.165) is 32.6 Å². The third-order valence-corrected chi connectivity index (χ3v) is 5.51. The summed E-state index contributed by atoms with van der Waals surface area (Å²) in [5.41, 5.74) is 0.233. The Bertz CT molecular complexity index is 359. The largest absolute Gasteiger partial charge is 0.381 e. The van der Waals surface area contributed by atoms with Crippen LogP contribution in [0.1, 0.15) is 52.4 Å². The van der Waals surface area contributed by atoms with Crippen LogP contribution >= 0.6 is 0 Å². The molecule has 0 aromatic rings. The predicted molar refractivity (Wildman–Crippen MR) is 78.2 cm³/mol. The van der Waals surface area contributed by atoms with Gasteiger partial charge < -0.3 is 9.64 Å². The second-order valence-electron chi connectivity index (χ2n) is 7.27. The molecule has 0 aromatic carbocycles. The zero-order valence-corrected chi connectivity index (χ0v) is 12.9. The van der Waals surface area contributed by atoms with Crippen LogP contribution in [0.5, 0.6) is 0 Å². The van der Waals surface area contributed by atoms with Crippen LogP contribution in [0, 0.1) is 11.3 Å².